The molecule has 0 bridgehead atoms. The summed E-state index contributed by atoms with van der Waals surface area (Å²) in [6.45, 7) is 4.06. The lowest BCUT2D eigenvalue weighted by Gasteiger charge is -2.27. The van der Waals surface area contributed by atoms with Gasteiger partial charge in [0.25, 0.3) is 5.91 Å². The number of nitrogens with one attached hydrogen (secondary N) is 1. The van der Waals surface area contributed by atoms with Gasteiger partial charge in [-0.05, 0) is 74.7 Å². The van der Waals surface area contributed by atoms with E-state index >= 15 is 0 Å². The summed E-state index contributed by atoms with van der Waals surface area (Å²) < 4.78 is 30.8. The summed E-state index contributed by atoms with van der Waals surface area (Å²) in [5.74, 6) is 1.14. The first kappa shape index (κ1) is 25.0. The Hall–Kier alpha value is -3.65. The molecule has 3 aromatic rings. The number of aromatic nitrogens is 1. The van der Waals surface area contributed by atoms with Gasteiger partial charge in [-0.1, -0.05) is 6.92 Å². The second-order valence-corrected chi connectivity index (χ2v) is 9.99. The number of methoxy groups -OCH3 is 1. The summed E-state index contributed by atoms with van der Waals surface area (Å²) in [5, 5.41) is 14.2. The van der Waals surface area contributed by atoms with Crippen LogP contribution in [-0.4, -0.2) is 42.4 Å². The molecule has 8 heteroatoms. The van der Waals surface area contributed by atoms with Crippen molar-refractivity contribution in [3.63, 3.8) is 0 Å². The minimum absolute atomic E-state index is 0.0711. The number of hydrogen-bond donors (Lipinski definition) is 2. The highest BCUT2D eigenvalue weighted by Gasteiger charge is 2.32. The van der Waals surface area contributed by atoms with Gasteiger partial charge in [0.1, 0.15) is 22.9 Å². The quantitative estimate of drug-likeness (QED) is 0.449. The Bertz CT molecular complexity index is 1300. The van der Waals surface area contributed by atoms with Crippen LogP contribution in [0, 0.1) is 5.82 Å². The SMILES string of the molecule is COc1cc(C(=O)NCC(C)(O)c2cc3c(c(-c4ccc(F)cc4)n2)OCC3C)ccc1OC1CCC1. The van der Waals surface area contributed by atoms with E-state index in [-0.39, 0.29) is 30.3 Å². The topological polar surface area (TPSA) is 89.9 Å². The summed E-state index contributed by atoms with van der Waals surface area (Å²) in [4.78, 5) is 17.7. The Balaban J connectivity index is 1.36. The fourth-order valence-corrected chi connectivity index (χ4v) is 4.47. The maximum absolute atomic E-state index is 13.5. The van der Waals surface area contributed by atoms with E-state index in [1.807, 2.05) is 13.0 Å². The first-order chi connectivity index (χ1) is 17.7. The largest absolute Gasteiger partial charge is 0.493 e. The fourth-order valence-electron chi connectivity index (χ4n) is 4.47. The Kier molecular flexibility index (Phi) is 6.77. The van der Waals surface area contributed by atoms with Gasteiger partial charge in [0.2, 0.25) is 0 Å². The van der Waals surface area contributed by atoms with Crippen LogP contribution in [0.2, 0.25) is 0 Å². The number of pyridine rings is 1. The molecule has 194 valence electrons. The van der Waals surface area contributed by atoms with Crippen LogP contribution in [0.25, 0.3) is 11.3 Å². The predicted molar refractivity (Wildman–Crippen MR) is 137 cm³/mol. The number of hydrogen-bond acceptors (Lipinski definition) is 6. The number of ether oxygens (including phenoxy) is 3. The number of carbonyl (C=O) groups is 1. The number of aliphatic hydroxyl groups is 1. The van der Waals surface area contributed by atoms with Gasteiger partial charge < -0.3 is 24.6 Å². The van der Waals surface area contributed by atoms with Gasteiger partial charge >= 0.3 is 0 Å². The van der Waals surface area contributed by atoms with Gasteiger partial charge in [0, 0.05) is 22.6 Å². The summed E-state index contributed by atoms with van der Waals surface area (Å²) in [7, 11) is 1.54. The normalized spacial score (nSPS) is 18.2. The number of rotatable bonds is 8. The van der Waals surface area contributed by atoms with Crippen molar-refractivity contribution in [3.05, 3.63) is 71.2 Å². The first-order valence-corrected chi connectivity index (χ1v) is 12.5. The summed E-state index contributed by atoms with van der Waals surface area (Å²) in [6.07, 6.45) is 3.39. The standard InChI is InChI=1S/C29H31FN2O5/c1-17-15-36-27-22(17)14-25(32-26(27)18-7-10-20(30)11-8-18)29(2,34)16-31-28(33)19-9-12-23(24(13-19)35-3)37-21-5-4-6-21/h7-14,17,21,34H,4-6,15-16H2,1-3H3,(H,31,33). The van der Waals surface area contributed by atoms with E-state index in [0.717, 1.165) is 24.8 Å². The van der Waals surface area contributed by atoms with Crippen molar-refractivity contribution < 1.29 is 28.5 Å². The number of fused-ring (bicyclic) bond motifs is 1. The van der Waals surface area contributed by atoms with Crippen molar-refractivity contribution in [2.45, 2.75) is 50.7 Å². The number of carbonyl (C=O) groups excluding carboxylic acids is 1. The van der Waals surface area contributed by atoms with Crippen LogP contribution in [0.5, 0.6) is 17.2 Å². The van der Waals surface area contributed by atoms with Crippen molar-refractivity contribution in [2.24, 2.45) is 0 Å². The molecule has 2 N–H and O–H groups in total. The van der Waals surface area contributed by atoms with Gasteiger partial charge in [-0.2, -0.15) is 0 Å². The third-order valence-electron chi connectivity index (χ3n) is 7.04. The van der Waals surface area contributed by atoms with Crippen molar-refractivity contribution in [3.8, 4) is 28.5 Å². The lowest BCUT2D eigenvalue weighted by atomic mass is 9.94. The Morgan fingerprint density at radius 3 is 2.62 bits per heavy atom. The monoisotopic (exact) mass is 506 g/mol. The van der Waals surface area contributed by atoms with E-state index in [2.05, 4.69) is 5.32 Å². The molecule has 1 aliphatic carbocycles. The average Bonchev–Trinajstić information content (AvgIpc) is 3.25. The second kappa shape index (κ2) is 10.0. The minimum atomic E-state index is -1.47. The molecule has 2 unspecified atom stereocenters. The molecule has 0 radical (unpaired) electrons. The lowest BCUT2D eigenvalue weighted by Crippen LogP contribution is -2.39. The molecule has 37 heavy (non-hydrogen) atoms. The van der Waals surface area contributed by atoms with E-state index in [0.29, 0.717) is 46.4 Å². The summed E-state index contributed by atoms with van der Waals surface area (Å²) in [5.41, 5.74) is 1.45. The van der Waals surface area contributed by atoms with E-state index in [9.17, 15) is 14.3 Å². The van der Waals surface area contributed by atoms with Crippen LogP contribution < -0.4 is 19.5 Å². The first-order valence-electron chi connectivity index (χ1n) is 12.5. The molecule has 1 aliphatic heterocycles. The lowest BCUT2D eigenvalue weighted by molar-refractivity contribution is 0.0489. The van der Waals surface area contributed by atoms with Crippen LogP contribution in [-0.2, 0) is 5.60 Å². The van der Waals surface area contributed by atoms with Gasteiger partial charge in [-0.3, -0.25) is 4.79 Å². The molecular weight excluding hydrogens is 475 g/mol. The van der Waals surface area contributed by atoms with E-state index in [1.54, 1.807) is 44.4 Å². The molecule has 0 saturated heterocycles. The molecule has 2 heterocycles. The van der Waals surface area contributed by atoms with E-state index < -0.39 is 5.60 Å². The van der Waals surface area contributed by atoms with Crippen molar-refractivity contribution in [2.75, 3.05) is 20.3 Å². The van der Waals surface area contributed by atoms with Crippen molar-refractivity contribution in [1.29, 1.82) is 0 Å². The number of benzene rings is 2. The van der Waals surface area contributed by atoms with Crippen LogP contribution in [0.4, 0.5) is 4.39 Å². The molecule has 0 spiro atoms. The predicted octanol–water partition coefficient (Wildman–Crippen LogP) is 4.96. The van der Waals surface area contributed by atoms with Crippen LogP contribution >= 0.6 is 0 Å². The highest BCUT2D eigenvalue weighted by atomic mass is 19.1. The average molecular weight is 507 g/mol. The van der Waals surface area contributed by atoms with Crippen molar-refractivity contribution in [1.82, 2.24) is 10.3 Å². The molecule has 7 nitrogen and oxygen atoms in total. The zero-order chi connectivity index (χ0) is 26.2. The molecule has 2 aromatic carbocycles. The summed E-state index contributed by atoms with van der Waals surface area (Å²) >= 11 is 0. The molecule has 1 saturated carbocycles. The highest BCUT2D eigenvalue weighted by molar-refractivity contribution is 5.95. The number of amides is 1. The molecule has 1 fully saturated rings. The molecule has 5 rings (SSSR count). The van der Waals surface area contributed by atoms with E-state index in [1.165, 1.54) is 12.1 Å². The smallest absolute Gasteiger partial charge is 0.251 e. The van der Waals surface area contributed by atoms with Gasteiger partial charge in [-0.15, -0.1) is 0 Å². The summed E-state index contributed by atoms with van der Waals surface area (Å²) in [6, 6.07) is 12.9. The molecule has 1 aromatic heterocycles. The number of nitrogens with zero attached hydrogens (tertiary/aromatic N) is 1. The molecule has 2 aliphatic rings. The van der Waals surface area contributed by atoms with Crippen molar-refractivity contribution >= 4 is 5.91 Å². The Morgan fingerprint density at radius 2 is 1.95 bits per heavy atom. The third-order valence-corrected chi connectivity index (χ3v) is 7.04. The minimum Gasteiger partial charge on any atom is -0.493 e. The zero-order valence-electron chi connectivity index (χ0n) is 21.2. The molecular formula is C29H31FN2O5. The highest BCUT2D eigenvalue weighted by Crippen LogP contribution is 2.42. The van der Waals surface area contributed by atoms with Crippen LogP contribution in [0.3, 0.4) is 0 Å². The third kappa shape index (κ3) is 5.11. The maximum atomic E-state index is 13.5. The molecule has 1 amide bonds. The zero-order valence-corrected chi connectivity index (χ0v) is 21.2. The Morgan fingerprint density at radius 1 is 1.19 bits per heavy atom. The van der Waals surface area contributed by atoms with E-state index in [4.69, 9.17) is 19.2 Å². The molecule has 2 atom stereocenters. The van der Waals surface area contributed by atoms with Crippen LogP contribution in [0.1, 0.15) is 60.6 Å². The van der Waals surface area contributed by atoms with Crippen LogP contribution in [0.15, 0.2) is 48.5 Å². The van der Waals surface area contributed by atoms with Gasteiger partial charge in [-0.25, -0.2) is 9.37 Å². The second-order valence-electron chi connectivity index (χ2n) is 9.99. The van der Waals surface area contributed by atoms with Gasteiger partial charge in [0.15, 0.2) is 11.5 Å². The number of halogens is 1. The Labute approximate surface area is 215 Å². The van der Waals surface area contributed by atoms with Gasteiger partial charge in [0.05, 0.1) is 32.1 Å². The maximum Gasteiger partial charge on any atom is 0.251 e. The fraction of sp³-hybridized carbons (Fsp3) is 0.379.